The van der Waals surface area contributed by atoms with Gasteiger partial charge in [-0.2, -0.15) is 4.98 Å². The van der Waals surface area contributed by atoms with Crippen LogP contribution in [-0.2, 0) is 0 Å². The number of nitrogens with zero attached hydrogens (tertiary/aromatic N) is 4. The summed E-state index contributed by atoms with van der Waals surface area (Å²) in [5, 5.41) is 7.56. The Labute approximate surface area is 122 Å². The Kier molecular flexibility index (Phi) is 3.07. The average molecular weight is 287 g/mol. The summed E-state index contributed by atoms with van der Waals surface area (Å²) in [7, 11) is 1.57. The molecule has 21 heavy (non-hydrogen) atoms. The SMILES string of the molecule is COc1cc(-c2noc(C3NCC4CCCC43)n2)ncn1. The highest BCUT2D eigenvalue weighted by molar-refractivity contribution is 5.49. The number of rotatable bonds is 3. The highest BCUT2D eigenvalue weighted by atomic mass is 16.5. The van der Waals surface area contributed by atoms with Crippen LogP contribution in [0.25, 0.3) is 11.5 Å². The van der Waals surface area contributed by atoms with E-state index in [2.05, 4.69) is 25.4 Å². The monoisotopic (exact) mass is 287 g/mol. The van der Waals surface area contributed by atoms with Gasteiger partial charge in [0.05, 0.1) is 13.2 Å². The summed E-state index contributed by atoms with van der Waals surface area (Å²) in [6, 6.07) is 1.89. The van der Waals surface area contributed by atoms with E-state index in [4.69, 9.17) is 9.26 Å². The van der Waals surface area contributed by atoms with Crippen molar-refractivity contribution >= 4 is 0 Å². The van der Waals surface area contributed by atoms with E-state index in [0.29, 0.717) is 29.2 Å². The van der Waals surface area contributed by atoms with Crippen LogP contribution in [0.1, 0.15) is 31.2 Å². The lowest BCUT2D eigenvalue weighted by molar-refractivity contribution is 0.302. The van der Waals surface area contributed by atoms with Crippen molar-refractivity contribution in [2.45, 2.75) is 25.3 Å². The van der Waals surface area contributed by atoms with Gasteiger partial charge in [0.15, 0.2) is 0 Å². The van der Waals surface area contributed by atoms with Crippen LogP contribution < -0.4 is 10.1 Å². The molecule has 0 spiro atoms. The molecule has 7 heteroatoms. The number of ether oxygens (including phenoxy) is 1. The van der Waals surface area contributed by atoms with Crippen molar-refractivity contribution in [1.82, 2.24) is 25.4 Å². The first-order valence-corrected chi connectivity index (χ1v) is 7.28. The van der Waals surface area contributed by atoms with Gasteiger partial charge in [-0.1, -0.05) is 11.6 Å². The molecule has 2 aliphatic rings. The molecular weight excluding hydrogens is 270 g/mol. The standard InChI is InChI=1S/C14H17N5O2/c1-20-11-5-10(16-7-17-11)13-18-14(21-19-13)12-9-4-2-3-8(9)6-15-12/h5,7-9,12,15H,2-4,6H2,1H3. The maximum absolute atomic E-state index is 5.46. The highest BCUT2D eigenvalue weighted by Gasteiger charge is 2.42. The van der Waals surface area contributed by atoms with Gasteiger partial charge < -0.3 is 14.6 Å². The maximum atomic E-state index is 5.46. The first kappa shape index (κ1) is 12.7. The Morgan fingerprint density at radius 2 is 2.29 bits per heavy atom. The van der Waals surface area contributed by atoms with Crippen molar-refractivity contribution in [3.63, 3.8) is 0 Å². The molecule has 1 aliphatic carbocycles. The van der Waals surface area contributed by atoms with Crippen molar-refractivity contribution in [1.29, 1.82) is 0 Å². The largest absolute Gasteiger partial charge is 0.481 e. The zero-order chi connectivity index (χ0) is 14.2. The lowest BCUT2D eigenvalue weighted by Crippen LogP contribution is -2.18. The summed E-state index contributed by atoms with van der Waals surface area (Å²) in [6.45, 7) is 1.05. The molecule has 1 saturated heterocycles. The normalized spacial score (nSPS) is 27.8. The van der Waals surface area contributed by atoms with E-state index in [0.717, 1.165) is 12.5 Å². The quantitative estimate of drug-likeness (QED) is 0.917. The number of methoxy groups -OCH3 is 1. The van der Waals surface area contributed by atoms with Gasteiger partial charge in [0.2, 0.25) is 17.6 Å². The first-order valence-electron chi connectivity index (χ1n) is 7.28. The number of nitrogens with one attached hydrogen (secondary N) is 1. The molecule has 2 aromatic heterocycles. The summed E-state index contributed by atoms with van der Waals surface area (Å²) in [6.07, 6.45) is 5.28. The Morgan fingerprint density at radius 1 is 1.33 bits per heavy atom. The summed E-state index contributed by atoms with van der Waals surface area (Å²) < 4.78 is 10.5. The lowest BCUT2D eigenvalue weighted by atomic mass is 9.94. The summed E-state index contributed by atoms with van der Waals surface area (Å²) in [5.41, 5.74) is 0.609. The molecular formula is C14H17N5O2. The smallest absolute Gasteiger partial charge is 0.244 e. The molecule has 1 saturated carbocycles. The lowest BCUT2D eigenvalue weighted by Gasteiger charge is -2.13. The van der Waals surface area contributed by atoms with Crippen LogP contribution in [0.5, 0.6) is 5.88 Å². The zero-order valence-corrected chi connectivity index (χ0v) is 11.8. The van der Waals surface area contributed by atoms with E-state index in [1.165, 1.54) is 25.6 Å². The molecule has 4 rings (SSSR count). The molecule has 0 aromatic carbocycles. The fourth-order valence-electron chi connectivity index (χ4n) is 3.50. The minimum absolute atomic E-state index is 0.183. The number of hydrogen-bond acceptors (Lipinski definition) is 7. The van der Waals surface area contributed by atoms with E-state index < -0.39 is 0 Å². The molecule has 1 aliphatic heterocycles. The predicted octanol–water partition coefficient (Wildman–Crippen LogP) is 1.60. The van der Waals surface area contributed by atoms with Gasteiger partial charge in [-0.05, 0) is 31.2 Å². The van der Waals surface area contributed by atoms with Crippen LogP contribution in [0.4, 0.5) is 0 Å². The first-order chi connectivity index (χ1) is 10.3. The number of aromatic nitrogens is 4. The van der Waals surface area contributed by atoms with Crippen LogP contribution in [0, 0.1) is 11.8 Å². The van der Waals surface area contributed by atoms with Crippen molar-refractivity contribution in [3.8, 4) is 17.4 Å². The van der Waals surface area contributed by atoms with Gasteiger partial charge in [0, 0.05) is 6.07 Å². The van der Waals surface area contributed by atoms with Crippen LogP contribution in [0.3, 0.4) is 0 Å². The Morgan fingerprint density at radius 3 is 3.19 bits per heavy atom. The van der Waals surface area contributed by atoms with E-state index in [1.807, 2.05) is 0 Å². The van der Waals surface area contributed by atoms with Gasteiger partial charge in [0.1, 0.15) is 12.0 Å². The van der Waals surface area contributed by atoms with Crippen molar-refractivity contribution in [2.24, 2.45) is 11.8 Å². The van der Waals surface area contributed by atoms with E-state index in [1.54, 1.807) is 13.2 Å². The third-order valence-corrected chi connectivity index (χ3v) is 4.53. The maximum Gasteiger partial charge on any atom is 0.244 e. The fourth-order valence-corrected chi connectivity index (χ4v) is 3.50. The van der Waals surface area contributed by atoms with Crippen LogP contribution in [0.2, 0.25) is 0 Å². The fraction of sp³-hybridized carbons (Fsp3) is 0.571. The molecule has 110 valence electrons. The summed E-state index contributed by atoms with van der Waals surface area (Å²) in [4.78, 5) is 12.7. The van der Waals surface area contributed by atoms with E-state index in [9.17, 15) is 0 Å². The molecule has 1 N–H and O–H groups in total. The molecule has 2 fully saturated rings. The molecule has 3 atom stereocenters. The molecule has 3 unspecified atom stereocenters. The topological polar surface area (TPSA) is 86.0 Å². The second-order valence-electron chi connectivity index (χ2n) is 5.64. The van der Waals surface area contributed by atoms with Crippen molar-refractivity contribution in [3.05, 3.63) is 18.3 Å². The molecule has 0 amide bonds. The molecule has 0 bridgehead atoms. The van der Waals surface area contributed by atoms with Gasteiger partial charge in [-0.3, -0.25) is 0 Å². The summed E-state index contributed by atoms with van der Waals surface area (Å²) in [5.74, 6) is 3.01. The van der Waals surface area contributed by atoms with Gasteiger partial charge in [-0.25, -0.2) is 9.97 Å². The third-order valence-electron chi connectivity index (χ3n) is 4.53. The second-order valence-corrected chi connectivity index (χ2v) is 5.64. The van der Waals surface area contributed by atoms with Gasteiger partial charge in [-0.15, -0.1) is 0 Å². The van der Waals surface area contributed by atoms with Crippen LogP contribution >= 0.6 is 0 Å². The third kappa shape index (κ3) is 2.17. The van der Waals surface area contributed by atoms with Crippen molar-refractivity contribution < 1.29 is 9.26 Å². The van der Waals surface area contributed by atoms with Gasteiger partial charge >= 0.3 is 0 Å². The molecule has 3 heterocycles. The predicted molar refractivity (Wildman–Crippen MR) is 73.5 cm³/mol. The Hall–Kier alpha value is -2.02. The second kappa shape index (κ2) is 5.07. The van der Waals surface area contributed by atoms with Crippen LogP contribution in [-0.4, -0.2) is 33.8 Å². The van der Waals surface area contributed by atoms with E-state index >= 15 is 0 Å². The van der Waals surface area contributed by atoms with Crippen molar-refractivity contribution in [2.75, 3.05) is 13.7 Å². The highest BCUT2D eigenvalue weighted by Crippen LogP contribution is 2.44. The summed E-state index contributed by atoms with van der Waals surface area (Å²) >= 11 is 0. The zero-order valence-electron chi connectivity index (χ0n) is 11.8. The minimum atomic E-state index is 0.183. The average Bonchev–Trinajstić information content (AvgIpc) is 3.23. The number of fused-ring (bicyclic) bond motifs is 1. The molecule has 0 radical (unpaired) electrons. The van der Waals surface area contributed by atoms with Gasteiger partial charge in [0.25, 0.3) is 0 Å². The van der Waals surface area contributed by atoms with Crippen LogP contribution in [0.15, 0.2) is 16.9 Å². The molecule has 7 nitrogen and oxygen atoms in total. The molecule has 2 aromatic rings. The number of hydrogen-bond donors (Lipinski definition) is 1. The van der Waals surface area contributed by atoms with E-state index in [-0.39, 0.29) is 6.04 Å². The Bertz CT molecular complexity index is 644. The Balaban J connectivity index is 1.60. The minimum Gasteiger partial charge on any atom is -0.481 e.